The highest BCUT2D eigenvalue weighted by atomic mass is 14.8. The summed E-state index contributed by atoms with van der Waals surface area (Å²) in [5.74, 6) is 0. The molecule has 0 amide bonds. The van der Waals surface area contributed by atoms with Crippen molar-refractivity contribution >= 4 is 11.0 Å². The van der Waals surface area contributed by atoms with Gasteiger partial charge >= 0.3 is 0 Å². The van der Waals surface area contributed by atoms with Crippen LogP contribution in [-0.4, -0.2) is 9.97 Å². The Bertz CT molecular complexity index is 863. The number of benzene rings is 2. The first kappa shape index (κ1) is 11.6. The summed E-state index contributed by atoms with van der Waals surface area (Å²) in [6.07, 6.45) is 4.59. The van der Waals surface area contributed by atoms with Gasteiger partial charge in [0.2, 0.25) is 0 Å². The molecule has 1 aliphatic carbocycles. The van der Waals surface area contributed by atoms with E-state index in [-0.39, 0.29) is 0 Å². The average Bonchev–Trinajstić information content (AvgIpc) is 2.82. The van der Waals surface area contributed by atoms with Crippen LogP contribution in [0, 0.1) is 20.8 Å². The van der Waals surface area contributed by atoms with Gasteiger partial charge in [0, 0.05) is 18.0 Å². The second-order valence-electron chi connectivity index (χ2n) is 5.69. The molecule has 0 aliphatic heterocycles. The van der Waals surface area contributed by atoms with E-state index in [1.807, 2.05) is 0 Å². The summed E-state index contributed by atoms with van der Waals surface area (Å²) < 4.78 is 0. The molecule has 0 N–H and O–H groups in total. The lowest BCUT2D eigenvalue weighted by molar-refractivity contribution is 1.18. The molecule has 0 spiro atoms. The maximum atomic E-state index is 4.60. The van der Waals surface area contributed by atoms with E-state index in [9.17, 15) is 0 Å². The number of nitrogens with zero attached hydrogens (tertiary/aromatic N) is 2. The molecule has 0 radical (unpaired) electrons. The highest BCUT2D eigenvalue weighted by Gasteiger charge is 2.24. The van der Waals surface area contributed by atoms with E-state index in [0.29, 0.717) is 0 Å². The first-order valence-electron chi connectivity index (χ1n) is 6.99. The summed E-state index contributed by atoms with van der Waals surface area (Å²) >= 11 is 0. The molecule has 0 bridgehead atoms. The maximum absolute atomic E-state index is 4.60. The molecule has 0 atom stereocenters. The van der Waals surface area contributed by atoms with E-state index < -0.39 is 0 Å². The summed E-state index contributed by atoms with van der Waals surface area (Å²) in [6.45, 7) is 6.53. The SMILES string of the molecule is Cc1ccc2c(c1C)Cc1cc(C)c3nccnc3c1-2. The Kier molecular flexibility index (Phi) is 2.25. The normalized spacial score (nSPS) is 12.6. The fourth-order valence-electron chi connectivity index (χ4n) is 3.33. The third-order valence-electron chi connectivity index (χ3n) is 4.53. The van der Waals surface area contributed by atoms with Gasteiger partial charge in [0.15, 0.2) is 0 Å². The van der Waals surface area contributed by atoms with Crippen LogP contribution in [0.2, 0.25) is 0 Å². The van der Waals surface area contributed by atoms with E-state index in [4.69, 9.17) is 0 Å². The molecule has 3 aromatic rings. The lowest BCUT2D eigenvalue weighted by Gasteiger charge is -2.09. The van der Waals surface area contributed by atoms with Gasteiger partial charge < -0.3 is 0 Å². The van der Waals surface area contributed by atoms with Gasteiger partial charge in [-0.1, -0.05) is 18.2 Å². The zero-order chi connectivity index (χ0) is 13.9. The van der Waals surface area contributed by atoms with E-state index in [1.54, 1.807) is 12.4 Å². The topological polar surface area (TPSA) is 25.8 Å². The molecule has 0 fully saturated rings. The molecule has 2 heteroatoms. The molecule has 20 heavy (non-hydrogen) atoms. The molecule has 0 unspecified atom stereocenters. The van der Waals surface area contributed by atoms with E-state index in [2.05, 4.69) is 48.9 Å². The monoisotopic (exact) mass is 260 g/mol. The Labute approximate surface area is 118 Å². The number of aryl methyl sites for hydroxylation is 2. The van der Waals surface area contributed by atoms with Crippen LogP contribution in [0.3, 0.4) is 0 Å². The largest absolute Gasteiger partial charge is 0.253 e. The average molecular weight is 260 g/mol. The number of aromatic nitrogens is 2. The molecule has 1 aromatic heterocycles. The minimum absolute atomic E-state index is 1.02. The van der Waals surface area contributed by atoms with Gasteiger partial charge in [0.05, 0.1) is 11.0 Å². The van der Waals surface area contributed by atoms with Crippen LogP contribution in [-0.2, 0) is 6.42 Å². The van der Waals surface area contributed by atoms with Gasteiger partial charge in [0.25, 0.3) is 0 Å². The van der Waals surface area contributed by atoms with Crippen LogP contribution in [0.5, 0.6) is 0 Å². The van der Waals surface area contributed by atoms with E-state index in [0.717, 1.165) is 17.5 Å². The van der Waals surface area contributed by atoms with Crippen LogP contribution in [0.25, 0.3) is 22.2 Å². The van der Waals surface area contributed by atoms with Crippen molar-refractivity contribution in [3.8, 4) is 11.1 Å². The maximum Gasteiger partial charge on any atom is 0.0970 e. The van der Waals surface area contributed by atoms with Crippen molar-refractivity contribution in [2.24, 2.45) is 0 Å². The Morgan fingerprint density at radius 1 is 0.900 bits per heavy atom. The van der Waals surface area contributed by atoms with Crippen molar-refractivity contribution in [3.63, 3.8) is 0 Å². The Balaban J connectivity index is 2.15. The molecular weight excluding hydrogens is 244 g/mol. The van der Waals surface area contributed by atoms with Gasteiger partial charge in [0.1, 0.15) is 0 Å². The van der Waals surface area contributed by atoms with Crippen LogP contribution in [0.4, 0.5) is 0 Å². The lowest BCUT2D eigenvalue weighted by atomic mass is 9.97. The minimum atomic E-state index is 1.02. The zero-order valence-electron chi connectivity index (χ0n) is 12.0. The number of fused-ring (bicyclic) bond motifs is 5. The molecule has 4 rings (SSSR count). The smallest absolute Gasteiger partial charge is 0.0970 e. The van der Waals surface area contributed by atoms with Crippen LogP contribution < -0.4 is 0 Å². The minimum Gasteiger partial charge on any atom is -0.253 e. The third-order valence-corrected chi connectivity index (χ3v) is 4.53. The molecule has 98 valence electrons. The lowest BCUT2D eigenvalue weighted by Crippen LogP contribution is -1.91. The predicted octanol–water partition coefficient (Wildman–Crippen LogP) is 4.13. The molecule has 0 saturated heterocycles. The van der Waals surface area contributed by atoms with Crippen molar-refractivity contribution in [3.05, 3.63) is 58.4 Å². The summed E-state index contributed by atoms with van der Waals surface area (Å²) in [5.41, 5.74) is 11.5. The Hall–Kier alpha value is -2.22. The van der Waals surface area contributed by atoms with Crippen molar-refractivity contribution in [2.45, 2.75) is 27.2 Å². The molecule has 1 heterocycles. The second kappa shape index (κ2) is 3.89. The highest BCUT2D eigenvalue weighted by Crippen LogP contribution is 2.42. The predicted molar refractivity (Wildman–Crippen MR) is 82.0 cm³/mol. The summed E-state index contributed by atoms with van der Waals surface area (Å²) in [4.78, 5) is 9.11. The molecule has 2 aromatic carbocycles. The van der Waals surface area contributed by atoms with Gasteiger partial charge in [-0.25, -0.2) is 0 Å². The number of hydrogen-bond donors (Lipinski definition) is 0. The van der Waals surface area contributed by atoms with Crippen LogP contribution in [0.15, 0.2) is 30.6 Å². The second-order valence-corrected chi connectivity index (χ2v) is 5.69. The Morgan fingerprint density at radius 2 is 1.65 bits per heavy atom. The molecule has 0 saturated carbocycles. The third kappa shape index (κ3) is 1.39. The summed E-state index contributed by atoms with van der Waals surface area (Å²) in [6, 6.07) is 6.74. The van der Waals surface area contributed by atoms with E-state index >= 15 is 0 Å². The van der Waals surface area contributed by atoms with Crippen LogP contribution >= 0.6 is 0 Å². The zero-order valence-corrected chi connectivity index (χ0v) is 12.0. The van der Waals surface area contributed by atoms with Gasteiger partial charge in [-0.2, -0.15) is 0 Å². The first-order valence-corrected chi connectivity index (χ1v) is 6.99. The van der Waals surface area contributed by atoms with Gasteiger partial charge in [-0.05, 0) is 60.6 Å². The van der Waals surface area contributed by atoms with Crippen LogP contribution in [0.1, 0.15) is 27.8 Å². The van der Waals surface area contributed by atoms with Crippen molar-refractivity contribution in [1.29, 1.82) is 0 Å². The summed E-state index contributed by atoms with van der Waals surface area (Å²) in [7, 11) is 0. The standard InChI is InChI=1S/C18H16N2/c1-10-4-5-14-15(12(10)3)9-13-8-11(2)17-18(16(13)14)20-7-6-19-17/h4-8H,9H2,1-3H3. The molecule has 2 nitrogen and oxygen atoms in total. The summed E-state index contributed by atoms with van der Waals surface area (Å²) in [5, 5.41) is 0. The van der Waals surface area contributed by atoms with Gasteiger partial charge in [-0.15, -0.1) is 0 Å². The first-order chi connectivity index (χ1) is 9.66. The number of hydrogen-bond acceptors (Lipinski definition) is 2. The van der Waals surface area contributed by atoms with Crippen molar-refractivity contribution in [1.82, 2.24) is 9.97 Å². The van der Waals surface area contributed by atoms with E-state index in [1.165, 1.54) is 38.9 Å². The van der Waals surface area contributed by atoms with Crippen molar-refractivity contribution in [2.75, 3.05) is 0 Å². The highest BCUT2D eigenvalue weighted by molar-refractivity contribution is 5.98. The molecule has 1 aliphatic rings. The number of rotatable bonds is 0. The Morgan fingerprint density at radius 3 is 2.45 bits per heavy atom. The van der Waals surface area contributed by atoms with Crippen molar-refractivity contribution < 1.29 is 0 Å². The molecular formula is C18H16N2. The quantitative estimate of drug-likeness (QED) is 0.475. The fraction of sp³-hybridized carbons (Fsp3) is 0.222. The fourth-order valence-corrected chi connectivity index (χ4v) is 3.33. The van der Waals surface area contributed by atoms with Gasteiger partial charge in [-0.3, -0.25) is 9.97 Å².